The Bertz CT molecular complexity index is 725. The Labute approximate surface area is 134 Å². The van der Waals surface area contributed by atoms with E-state index in [0.29, 0.717) is 12.1 Å². The first-order valence-electron chi connectivity index (χ1n) is 7.60. The van der Waals surface area contributed by atoms with E-state index < -0.39 is 0 Å². The van der Waals surface area contributed by atoms with Crippen molar-refractivity contribution in [3.63, 3.8) is 0 Å². The maximum absolute atomic E-state index is 12.0. The molecule has 0 unspecified atom stereocenters. The molecule has 0 bridgehead atoms. The molecule has 1 saturated heterocycles. The molecule has 0 aromatic heterocycles. The average molecular weight is 310 g/mol. The highest BCUT2D eigenvalue weighted by molar-refractivity contribution is 5.96. The molecule has 0 radical (unpaired) electrons. The third-order valence-corrected chi connectivity index (χ3v) is 3.86. The number of rotatable bonds is 4. The molecule has 1 heterocycles. The van der Waals surface area contributed by atoms with Crippen molar-refractivity contribution >= 4 is 23.2 Å². The Balaban J connectivity index is 1.63. The van der Waals surface area contributed by atoms with E-state index in [-0.39, 0.29) is 24.0 Å². The van der Waals surface area contributed by atoms with Crippen LogP contribution in [0.5, 0.6) is 5.75 Å². The summed E-state index contributed by atoms with van der Waals surface area (Å²) in [6.45, 7) is 0.756. The number of carbonyl (C=O) groups is 2. The number of amides is 2. The van der Waals surface area contributed by atoms with E-state index in [0.717, 1.165) is 24.2 Å². The van der Waals surface area contributed by atoms with Gasteiger partial charge in [-0.05, 0) is 36.2 Å². The van der Waals surface area contributed by atoms with Gasteiger partial charge in [0.25, 0.3) is 0 Å². The summed E-state index contributed by atoms with van der Waals surface area (Å²) in [5.41, 5.74) is 2.13. The summed E-state index contributed by atoms with van der Waals surface area (Å²) in [5.74, 6) is -0.00436. The second kappa shape index (κ2) is 6.52. The van der Waals surface area contributed by atoms with Gasteiger partial charge in [0, 0.05) is 18.7 Å². The lowest BCUT2D eigenvalue weighted by molar-refractivity contribution is -0.117. The zero-order valence-electron chi connectivity index (χ0n) is 12.7. The van der Waals surface area contributed by atoms with Gasteiger partial charge in [-0.2, -0.15) is 0 Å². The van der Waals surface area contributed by atoms with E-state index in [4.69, 9.17) is 0 Å². The fourth-order valence-electron chi connectivity index (χ4n) is 2.67. The van der Waals surface area contributed by atoms with E-state index in [1.807, 2.05) is 24.3 Å². The maximum Gasteiger partial charge on any atom is 0.228 e. The molecular weight excluding hydrogens is 292 g/mol. The van der Waals surface area contributed by atoms with Gasteiger partial charge >= 0.3 is 0 Å². The molecule has 3 rings (SSSR count). The third kappa shape index (κ3) is 3.51. The first kappa shape index (κ1) is 15.1. The number of para-hydroxylation sites is 2. The predicted octanol–water partition coefficient (Wildman–Crippen LogP) is 2.70. The highest BCUT2D eigenvalue weighted by atomic mass is 16.3. The number of phenols is 1. The van der Waals surface area contributed by atoms with Crippen LogP contribution in [-0.2, 0) is 16.0 Å². The normalized spacial score (nSPS) is 14.1. The van der Waals surface area contributed by atoms with Crippen molar-refractivity contribution in [1.29, 1.82) is 0 Å². The van der Waals surface area contributed by atoms with Crippen LogP contribution in [0.4, 0.5) is 11.4 Å². The Morgan fingerprint density at radius 3 is 2.52 bits per heavy atom. The molecular formula is C18H18N2O3. The van der Waals surface area contributed by atoms with E-state index in [1.165, 1.54) is 6.07 Å². The zero-order valence-corrected chi connectivity index (χ0v) is 12.7. The van der Waals surface area contributed by atoms with Crippen LogP contribution in [0.15, 0.2) is 48.5 Å². The summed E-state index contributed by atoms with van der Waals surface area (Å²) in [7, 11) is 0. The molecule has 1 fully saturated rings. The number of nitrogens with zero attached hydrogens (tertiary/aromatic N) is 1. The summed E-state index contributed by atoms with van der Waals surface area (Å²) in [6.07, 6.45) is 1.71. The molecule has 23 heavy (non-hydrogen) atoms. The van der Waals surface area contributed by atoms with Crippen LogP contribution >= 0.6 is 0 Å². The van der Waals surface area contributed by atoms with Crippen LogP contribution in [0.25, 0.3) is 0 Å². The number of nitrogens with one attached hydrogen (secondary N) is 1. The molecule has 5 nitrogen and oxygen atoms in total. The number of phenolic OH excluding ortho intramolecular Hbond substituents is 1. The van der Waals surface area contributed by atoms with Crippen molar-refractivity contribution in [3.05, 3.63) is 54.1 Å². The standard InChI is InChI=1S/C18H18N2O3/c21-16-5-2-1-4-15(16)19-17(22)12-13-7-9-14(10-8-13)20-11-3-6-18(20)23/h1-2,4-5,7-10,21H,3,6,11-12H2,(H,19,22). The minimum Gasteiger partial charge on any atom is -0.506 e. The Morgan fingerprint density at radius 1 is 1.13 bits per heavy atom. The lowest BCUT2D eigenvalue weighted by Crippen LogP contribution is -2.23. The van der Waals surface area contributed by atoms with Crippen molar-refractivity contribution in [2.75, 3.05) is 16.8 Å². The van der Waals surface area contributed by atoms with Crippen molar-refractivity contribution in [1.82, 2.24) is 0 Å². The molecule has 118 valence electrons. The molecule has 0 saturated carbocycles. The predicted molar refractivity (Wildman–Crippen MR) is 88.5 cm³/mol. The van der Waals surface area contributed by atoms with E-state index >= 15 is 0 Å². The zero-order chi connectivity index (χ0) is 16.2. The topological polar surface area (TPSA) is 69.6 Å². The first-order chi connectivity index (χ1) is 11.1. The number of carbonyl (C=O) groups excluding carboxylic acids is 2. The van der Waals surface area contributed by atoms with E-state index in [1.54, 1.807) is 23.1 Å². The van der Waals surface area contributed by atoms with Gasteiger partial charge in [0.05, 0.1) is 12.1 Å². The molecule has 0 aliphatic carbocycles. The van der Waals surface area contributed by atoms with Crippen LogP contribution in [0.1, 0.15) is 18.4 Å². The minimum atomic E-state index is -0.198. The highest BCUT2D eigenvalue weighted by Crippen LogP contribution is 2.23. The maximum atomic E-state index is 12.0. The van der Waals surface area contributed by atoms with Gasteiger partial charge in [-0.15, -0.1) is 0 Å². The quantitative estimate of drug-likeness (QED) is 0.853. The van der Waals surface area contributed by atoms with Crippen LogP contribution in [0, 0.1) is 0 Å². The molecule has 0 spiro atoms. The Morgan fingerprint density at radius 2 is 1.87 bits per heavy atom. The molecule has 1 aliphatic rings. The van der Waals surface area contributed by atoms with Crippen LogP contribution in [0.3, 0.4) is 0 Å². The molecule has 2 N–H and O–H groups in total. The lowest BCUT2D eigenvalue weighted by Gasteiger charge is -2.15. The van der Waals surface area contributed by atoms with Crippen molar-refractivity contribution in [2.24, 2.45) is 0 Å². The van der Waals surface area contributed by atoms with Crippen molar-refractivity contribution < 1.29 is 14.7 Å². The van der Waals surface area contributed by atoms with Crippen LogP contribution in [0.2, 0.25) is 0 Å². The number of benzene rings is 2. The molecule has 2 aromatic carbocycles. The second-order valence-corrected chi connectivity index (χ2v) is 5.56. The highest BCUT2D eigenvalue weighted by Gasteiger charge is 2.21. The fraction of sp³-hybridized carbons (Fsp3) is 0.222. The number of hydrogen-bond donors (Lipinski definition) is 2. The van der Waals surface area contributed by atoms with Gasteiger partial charge in [-0.1, -0.05) is 24.3 Å². The Hall–Kier alpha value is -2.82. The summed E-state index contributed by atoms with van der Waals surface area (Å²) >= 11 is 0. The van der Waals surface area contributed by atoms with Gasteiger partial charge in [0.1, 0.15) is 5.75 Å². The van der Waals surface area contributed by atoms with Crippen LogP contribution < -0.4 is 10.2 Å². The van der Waals surface area contributed by atoms with Gasteiger partial charge in [0.2, 0.25) is 11.8 Å². The third-order valence-electron chi connectivity index (χ3n) is 3.86. The molecule has 2 aromatic rings. The smallest absolute Gasteiger partial charge is 0.228 e. The molecule has 2 amide bonds. The fourth-order valence-corrected chi connectivity index (χ4v) is 2.67. The first-order valence-corrected chi connectivity index (χ1v) is 7.60. The number of aromatic hydroxyl groups is 1. The number of hydrogen-bond acceptors (Lipinski definition) is 3. The Kier molecular flexibility index (Phi) is 4.28. The minimum absolute atomic E-state index is 0.0451. The summed E-state index contributed by atoms with van der Waals surface area (Å²) in [5, 5.41) is 12.3. The molecule has 5 heteroatoms. The molecule has 0 atom stereocenters. The van der Waals surface area contributed by atoms with Crippen molar-refractivity contribution in [2.45, 2.75) is 19.3 Å². The van der Waals surface area contributed by atoms with Crippen LogP contribution in [-0.4, -0.2) is 23.5 Å². The van der Waals surface area contributed by atoms with E-state index in [2.05, 4.69) is 5.32 Å². The van der Waals surface area contributed by atoms with E-state index in [9.17, 15) is 14.7 Å². The SMILES string of the molecule is O=C(Cc1ccc(N2CCCC2=O)cc1)Nc1ccccc1O. The largest absolute Gasteiger partial charge is 0.506 e. The lowest BCUT2D eigenvalue weighted by atomic mass is 10.1. The van der Waals surface area contributed by atoms with Crippen molar-refractivity contribution in [3.8, 4) is 5.75 Å². The van der Waals surface area contributed by atoms with Gasteiger partial charge in [-0.25, -0.2) is 0 Å². The van der Waals surface area contributed by atoms with Gasteiger partial charge in [-0.3, -0.25) is 9.59 Å². The summed E-state index contributed by atoms with van der Waals surface area (Å²) < 4.78 is 0. The summed E-state index contributed by atoms with van der Waals surface area (Å²) in [6, 6.07) is 14.1. The monoisotopic (exact) mass is 310 g/mol. The van der Waals surface area contributed by atoms with Gasteiger partial charge in [0.15, 0.2) is 0 Å². The number of anilines is 2. The molecule has 1 aliphatic heterocycles. The second-order valence-electron chi connectivity index (χ2n) is 5.56. The average Bonchev–Trinajstić information content (AvgIpc) is 2.96. The van der Waals surface area contributed by atoms with Gasteiger partial charge < -0.3 is 15.3 Å². The summed E-state index contributed by atoms with van der Waals surface area (Å²) in [4.78, 5) is 25.5.